The molecule has 0 radical (unpaired) electrons. The molecule has 0 spiro atoms. The molecule has 1 atom stereocenters. The average Bonchev–Trinajstić information content (AvgIpc) is 3.11. The van der Waals surface area contributed by atoms with Crippen LogP contribution in [0.5, 0.6) is 11.5 Å². The molecule has 0 fully saturated rings. The van der Waals surface area contributed by atoms with E-state index >= 15 is 0 Å². The molecular formula is C21H22FN3O2S. The molecule has 0 amide bonds. The van der Waals surface area contributed by atoms with E-state index in [9.17, 15) is 4.39 Å². The molecule has 146 valence electrons. The number of aromatic nitrogens is 3. The summed E-state index contributed by atoms with van der Waals surface area (Å²) in [4.78, 5) is 0. The lowest BCUT2D eigenvalue weighted by molar-refractivity contribution is 0.201. The number of allylic oxidation sites excluding steroid dienone is 1. The van der Waals surface area contributed by atoms with Crippen molar-refractivity contribution >= 4 is 11.8 Å². The van der Waals surface area contributed by atoms with E-state index in [4.69, 9.17) is 9.47 Å². The molecule has 0 aliphatic carbocycles. The number of halogens is 1. The summed E-state index contributed by atoms with van der Waals surface area (Å²) in [5.41, 5.74) is 0.625. The highest BCUT2D eigenvalue weighted by molar-refractivity contribution is 7.98. The van der Waals surface area contributed by atoms with Crippen molar-refractivity contribution in [3.8, 4) is 11.5 Å². The van der Waals surface area contributed by atoms with Crippen molar-refractivity contribution in [2.45, 2.75) is 30.5 Å². The van der Waals surface area contributed by atoms with Gasteiger partial charge in [-0.2, -0.15) is 0 Å². The molecule has 0 N–H and O–H groups in total. The Morgan fingerprint density at radius 1 is 1.14 bits per heavy atom. The first-order valence-electron chi connectivity index (χ1n) is 8.84. The first-order chi connectivity index (χ1) is 13.6. The average molecular weight is 399 g/mol. The maximum absolute atomic E-state index is 13.9. The summed E-state index contributed by atoms with van der Waals surface area (Å²) in [5, 5.41) is 9.27. The fraction of sp³-hybridized carbons (Fsp3) is 0.238. The number of benzene rings is 2. The van der Waals surface area contributed by atoms with Crippen molar-refractivity contribution in [1.29, 1.82) is 0 Å². The topological polar surface area (TPSA) is 49.2 Å². The number of hydrogen-bond acceptors (Lipinski definition) is 5. The van der Waals surface area contributed by atoms with Crippen molar-refractivity contribution in [3.63, 3.8) is 0 Å². The van der Waals surface area contributed by atoms with Crippen LogP contribution in [0.4, 0.5) is 4.39 Å². The summed E-state index contributed by atoms with van der Waals surface area (Å²) in [6.07, 6.45) is 1.42. The van der Waals surface area contributed by atoms with Gasteiger partial charge in [0.05, 0.1) is 7.11 Å². The Bertz CT molecular complexity index is 945. The van der Waals surface area contributed by atoms with Gasteiger partial charge in [-0.25, -0.2) is 4.39 Å². The fourth-order valence-electron chi connectivity index (χ4n) is 2.73. The Hall–Kier alpha value is -2.80. The molecule has 28 heavy (non-hydrogen) atoms. The molecule has 0 aliphatic heterocycles. The smallest absolute Gasteiger partial charge is 0.191 e. The van der Waals surface area contributed by atoms with Gasteiger partial charge in [0.2, 0.25) is 0 Å². The van der Waals surface area contributed by atoms with Gasteiger partial charge in [-0.1, -0.05) is 48.2 Å². The predicted molar refractivity (Wildman–Crippen MR) is 108 cm³/mol. The largest absolute Gasteiger partial charge is 0.493 e. The molecule has 1 aromatic heterocycles. The van der Waals surface area contributed by atoms with E-state index in [1.54, 1.807) is 25.3 Å². The minimum Gasteiger partial charge on any atom is -0.493 e. The molecule has 1 unspecified atom stereocenters. The molecule has 3 rings (SSSR count). The highest BCUT2D eigenvalue weighted by atomic mass is 32.2. The molecule has 0 saturated carbocycles. The number of para-hydroxylation sites is 2. The highest BCUT2D eigenvalue weighted by Crippen LogP contribution is 2.31. The van der Waals surface area contributed by atoms with Gasteiger partial charge in [0.15, 0.2) is 28.6 Å². The Morgan fingerprint density at radius 3 is 2.57 bits per heavy atom. The number of methoxy groups -OCH3 is 1. The number of nitrogens with zero attached hydrogens (tertiary/aromatic N) is 3. The standard InChI is InChI=1S/C21H22FN3O2S/c1-4-13-25-20(15(2)27-19-12-8-7-11-18(19)26-3)23-24-21(25)28-14-16-9-5-6-10-17(16)22/h4-12,15H,1,13-14H2,2-3H3. The van der Waals surface area contributed by atoms with E-state index in [0.29, 0.717) is 40.3 Å². The van der Waals surface area contributed by atoms with Crippen LogP contribution in [0, 0.1) is 5.82 Å². The lowest BCUT2D eigenvalue weighted by Gasteiger charge is -2.17. The molecule has 1 heterocycles. The van der Waals surface area contributed by atoms with Crippen LogP contribution in [0.3, 0.4) is 0 Å². The SMILES string of the molecule is C=CCn1c(SCc2ccccc2F)nnc1C(C)Oc1ccccc1OC. The molecule has 7 heteroatoms. The van der Waals surface area contributed by atoms with Crippen LogP contribution >= 0.6 is 11.8 Å². The van der Waals surface area contributed by atoms with E-state index in [2.05, 4.69) is 16.8 Å². The van der Waals surface area contributed by atoms with Gasteiger partial charge in [0.1, 0.15) is 5.82 Å². The van der Waals surface area contributed by atoms with Crippen LogP contribution in [0.2, 0.25) is 0 Å². The Kier molecular flexibility index (Phi) is 6.71. The van der Waals surface area contributed by atoms with Gasteiger partial charge in [0.25, 0.3) is 0 Å². The van der Waals surface area contributed by atoms with Crippen LogP contribution in [0.1, 0.15) is 24.4 Å². The predicted octanol–water partition coefficient (Wildman–Crippen LogP) is 5.04. The maximum atomic E-state index is 13.9. The minimum atomic E-state index is -0.355. The van der Waals surface area contributed by atoms with Gasteiger partial charge in [0, 0.05) is 12.3 Å². The van der Waals surface area contributed by atoms with E-state index in [1.165, 1.54) is 17.8 Å². The van der Waals surface area contributed by atoms with Gasteiger partial charge in [-0.15, -0.1) is 16.8 Å². The van der Waals surface area contributed by atoms with Crippen LogP contribution in [-0.2, 0) is 12.3 Å². The zero-order chi connectivity index (χ0) is 19.9. The number of rotatable bonds is 9. The third kappa shape index (κ3) is 4.54. The molecular weight excluding hydrogens is 377 g/mol. The third-order valence-corrected chi connectivity index (χ3v) is 5.12. The molecule has 0 saturated heterocycles. The van der Waals surface area contributed by atoms with Gasteiger partial charge >= 0.3 is 0 Å². The van der Waals surface area contributed by atoms with Crippen molar-refractivity contribution in [2.24, 2.45) is 0 Å². The van der Waals surface area contributed by atoms with Crippen LogP contribution in [0.25, 0.3) is 0 Å². The third-order valence-electron chi connectivity index (χ3n) is 4.11. The van der Waals surface area contributed by atoms with Crippen LogP contribution in [-0.4, -0.2) is 21.9 Å². The molecule has 5 nitrogen and oxygen atoms in total. The lowest BCUT2D eigenvalue weighted by Crippen LogP contribution is -2.12. The van der Waals surface area contributed by atoms with E-state index in [0.717, 1.165) is 0 Å². The first kappa shape index (κ1) is 19.9. The second-order valence-electron chi connectivity index (χ2n) is 6.03. The van der Waals surface area contributed by atoms with Gasteiger partial charge < -0.3 is 9.47 Å². The summed E-state index contributed by atoms with van der Waals surface area (Å²) in [6.45, 7) is 6.25. The first-order valence-corrected chi connectivity index (χ1v) is 9.82. The summed E-state index contributed by atoms with van der Waals surface area (Å²) in [6, 6.07) is 14.2. The Balaban J connectivity index is 1.79. The van der Waals surface area contributed by atoms with E-state index in [1.807, 2.05) is 41.8 Å². The lowest BCUT2D eigenvalue weighted by atomic mass is 10.2. The molecule has 0 bridgehead atoms. The van der Waals surface area contributed by atoms with Crippen LogP contribution < -0.4 is 9.47 Å². The summed E-state index contributed by atoms with van der Waals surface area (Å²) < 4.78 is 27.2. The highest BCUT2D eigenvalue weighted by Gasteiger charge is 2.20. The molecule has 3 aromatic rings. The summed E-state index contributed by atoms with van der Waals surface area (Å²) in [7, 11) is 1.60. The van der Waals surface area contributed by atoms with Crippen molar-refractivity contribution in [1.82, 2.24) is 14.8 Å². The molecule has 2 aromatic carbocycles. The van der Waals surface area contributed by atoms with Gasteiger partial charge in [-0.3, -0.25) is 4.57 Å². The van der Waals surface area contributed by atoms with Crippen molar-refractivity contribution in [2.75, 3.05) is 7.11 Å². The number of thioether (sulfide) groups is 1. The second kappa shape index (κ2) is 9.41. The summed E-state index contributed by atoms with van der Waals surface area (Å²) >= 11 is 1.43. The number of ether oxygens (including phenoxy) is 2. The van der Waals surface area contributed by atoms with E-state index in [-0.39, 0.29) is 11.9 Å². The monoisotopic (exact) mass is 399 g/mol. The zero-order valence-electron chi connectivity index (χ0n) is 15.8. The van der Waals surface area contributed by atoms with E-state index < -0.39 is 0 Å². The number of hydrogen-bond donors (Lipinski definition) is 0. The fourth-order valence-corrected chi connectivity index (χ4v) is 3.67. The Labute approximate surface area is 168 Å². The molecule has 0 aliphatic rings. The zero-order valence-corrected chi connectivity index (χ0v) is 16.7. The normalized spacial score (nSPS) is 11.8. The maximum Gasteiger partial charge on any atom is 0.191 e. The van der Waals surface area contributed by atoms with Crippen molar-refractivity contribution < 1.29 is 13.9 Å². The van der Waals surface area contributed by atoms with Gasteiger partial charge in [-0.05, 0) is 30.7 Å². The second-order valence-corrected chi connectivity index (χ2v) is 6.97. The Morgan fingerprint density at radius 2 is 1.86 bits per heavy atom. The van der Waals surface area contributed by atoms with Crippen LogP contribution in [0.15, 0.2) is 66.3 Å². The summed E-state index contributed by atoms with van der Waals surface area (Å²) in [5.74, 6) is 2.19. The van der Waals surface area contributed by atoms with Crippen molar-refractivity contribution in [3.05, 3.63) is 78.4 Å². The minimum absolute atomic E-state index is 0.224. The quantitative estimate of drug-likeness (QED) is 0.372.